The first-order chi connectivity index (χ1) is 8.69. The van der Waals surface area contributed by atoms with Gasteiger partial charge < -0.3 is 5.32 Å². The van der Waals surface area contributed by atoms with Crippen LogP contribution in [0, 0.1) is 10.1 Å². The van der Waals surface area contributed by atoms with Crippen LogP contribution in [0.2, 0.25) is 0 Å². The van der Waals surface area contributed by atoms with Gasteiger partial charge in [0.05, 0.1) is 4.92 Å². The molecule has 0 spiro atoms. The zero-order chi connectivity index (χ0) is 13.0. The summed E-state index contributed by atoms with van der Waals surface area (Å²) in [6.45, 7) is 3.03. The van der Waals surface area contributed by atoms with Crippen LogP contribution >= 0.6 is 12.4 Å². The van der Waals surface area contributed by atoms with E-state index >= 15 is 0 Å². The molecule has 0 bridgehead atoms. The van der Waals surface area contributed by atoms with Gasteiger partial charge in [-0.1, -0.05) is 12.1 Å². The summed E-state index contributed by atoms with van der Waals surface area (Å²) in [5.41, 5.74) is 1.29. The molecule has 2 rings (SSSR count). The quantitative estimate of drug-likeness (QED) is 0.681. The van der Waals surface area contributed by atoms with Gasteiger partial charge in [0.1, 0.15) is 0 Å². The molecule has 0 aliphatic carbocycles. The molecule has 5 nitrogen and oxygen atoms in total. The molecule has 106 valence electrons. The maximum absolute atomic E-state index is 10.6. The van der Waals surface area contributed by atoms with Crippen LogP contribution in [0.25, 0.3) is 0 Å². The molecule has 0 saturated carbocycles. The van der Waals surface area contributed by atoms with E-state index in [1.807, 2.05) is 19.2 Å². The number of nitrogens with one attached hydrogen (secondary N) is 1. The monoisotopic (exact) mass is 285 g/mol. The van der Waals surface area contributed by atoms with Crippen molar-refractivity contribution in [2.24, 2.45) is 0 Å². The number of rotatable bonds is 4. The van der Waals surface area contributed by atoms with Crippen LogP contribution in [0.3, 0.4) is 0 Å². The molecule has 1 aliphatic rings. The number of halogens is 1. The fourth-order valence-corrected chi connectivity index (χ4v) is 2.42. The lowest BCUT2D eigenvalue weighted by molar-refractivity contribution is -0.384. The predicted molar refractivity (Wildman–Crippen MR) is 77.7 cm³/mol. The predicted octanol–water partition coefficient (Wildman–Crippen LogP) is 2.20. The smallest absolute Gasteiger partial charge is 0.269 e. The van der Waals surface area contributed by atoms with Crippen molar-refractivity contribution in [1.29, 1.82) is 0 Å². The summed E-state index contributed by atoms with van der Waals surface area (Å²) in [5, 5.41) is 13.9. The molecule has 1 heterocycles. The Morgan fingerprint density at radius 2 is 2.11 bits per heavy atom. The zero-order valence-electron chi connectivity index (χ0n) is 11.0. The molecule has 19 heavy (non-hydrogen) atoms. The first-order valence-electron chi connectivity index (χ1n) is 6.32. The number of likely N-dealkylation sites (N-methyl/N-ethyl adjacent to an activating group) is 1. The minimum atomic E-state index is -0.359. The Morgan fingerprint density at radius 1 is 1.42 bits per heavy atom. The van der Waals surface area contributed by atoms with E-state index in [-0.39, 0.29) is 23.0 Å². The van der Waals surface area contributed by atoms with Crippen LogP contribution in [-0.2, 0) is 6.54 Å². The van der Waals surface area contributed by atoms with Crippen molar-refractivity contribution in [3.8, 4) is 0 Å². The number of hydrogen-bond donors (Lipinski definition) is 1. The second-order valence-corrected chi connectivity index (χ2v) is 4.79. The number of non-ortho nitro benzene ring substituents is 1. The third kappa shape index (κ3) is 4.45. The normalized spacial score (nSPS) is 19.7. The van der Waals surface area contributed by atoms with Gasteiger partial charge in [-0.15, -0.1) is 12.4 Å². The number of piperidine rings is 1. The lowest BCUT2D eigenvalue weighted by atomic mass is 10.0. The Hall–Kier alpha value is -1.17. The van der Waals surface area contributed by atoms with Crippen LogP contribution in [0.1, 0.15) is 18.4 Å². The van der Waals surface area contributed by atoms with E-state index in [2.05, 4.69) is 10.2 Å². The van der Waals surface area contributed by atoms with E-state index in [9.17, 15) is 10.1 Å². The SMILES string of the molecule is CNC1CCCN(Cc2ccc([N+](=O)[O-])cc2)C1.Cl. The molecule has 0 radical (unpaired) electrons. The molecule has 1 unspecified atom stereocenters. The van der Waals surface area contributed by atoms with Crippen molar-refractivity contribution in [1.82, 2.24) is 10.2 Å². The van der Waals surface area contributed by atoms with Gasteiger partial charge in [0.25, 0.3) is 5.69 Å². The van der Waals surface area contributed by atoms with Crippen LogP contribution in [-0.4, -0.2) is 36.0 Å². The maximum atomic E-state index is 10.6. The largest absolute Gasteiger partial charge is 0.316 e. The van der Waals surface area contributed by atoms with Crippen molar-refractivity contribution in [2.75, 3.05) is 20.1 Å². The lowest BCUT2D eigenvalue weighted by Gasteiger charge is -2.32. The molecule has 1 aromatic rings. The number of nitro groups is 1. The minimum Gasteiger partial charge on any atom is -0.316 e. The van der Waals surface area contributed by atoms with Gasteiger partial charge in [0, 0.05) is 31.3 Å². The number of benzene rings is 1. The molecule has 1 aromatic carbocycles. The number of nitrogens with zero attached hydrogens (tertiary/aromatic N) is 2. The molecule has 1 N–H and O–H groups in total. The minimum absolute atomic E-state index is 0. The molecular weight excluding hydrogens is 266 g/mol. The van der Waals surface area contributed by atoms with Gasteiger partial charge in [-0.25, -0.2) is 0 Å². The molecule has 0 amide bonds. The van der Waals surface area contributed by atoms with Crippen molar-refractivity contribution in [3.05, 3.63) is 39.9 Å². The standard InChI is InChI=1S/C13H19N3O2.ClH/c1-14-12-3-2-8-15(10-12)9-11-4-6-13(7-5-11)16(17)18;/h4-7,12,14H,2-3,8-10H2,1H3;1H. The van der Waals surface area contributed by atoms with Gasteiger partial charge >= 0.3 is 0 Å². The Bertz CT molecular complexity index is 411. The summed E-state index contributed by atoms with van der Waals surface area (Å²) in [6.07, 6.45) is 2.44. The molecular formula is C13H20ClN3O2. The number of nitro benzene ring substituents is 1. The van der Waals surface area contributed by atoms with E-state index in [0.717, 1.165) is 25.2 Å². The average Bonchev–Trinajstić information content (AvgIpc) is 2.39. The van der Waals surface area contributed by atoms with E-state index < -0.39 is 0 Å². The summed E-state index contributed by atoms with van der Waals surface area (Å²) >= 11 is 0. The summed E-state index contributed by atoms with van der Waals surface area (Å²) in [5.74, 6) is 0. The van der Waals surface area contributed by atoms with Crippen molar-refractivity contribution in [3.63, 3.8) is 0 Å². The topological polar surface area (TPSA) is 58.4 Å². The molecule has 0 aromatic heterocycles. The van der Waals surface area contributed by atoms with Gasteiger partial charge in [-0.3, -0.25) is 15.0 Å². The zero-order valence-corrected chi connectivity index (χ0v) is 11.9. The van der Waals surface area contributed by atoms with Gasteiger partial charge in [0.15, 0.2) is 0 Å². The van der Waals surface area contributed by atoms with E-state index in [1.54, 1.807) is 12.1 Å². The second-order valence-electron chi connectivity index (χ2n) is 4.79. The summed E-state index contributed by atoms with van der Waals surface area (Å²) in [7, 11) is 2.00. The first kappa shape index (κ1) is 15.9. The average molecular weight is 286 g/mol. The van der Waals surface area contributed by atoms with E-state index in [1.165, 1.54) is 12.8 Å². The van der Waals surface area contributed by atoms with Gasteiger partial charge in [-0.2, -0.15) is 0 Å². The van der Waals surface area contributed by atoms with Crippen molar-refractivity contribution >= 4 is 18.1 Å². The molecule has 1 fully saturated rings. The third-order valence-corrected chi connectivity index (χ3v) is 3.47. The summed E-state index contributed by atoms with van der Waals surface area (Å²) in [4.78, 5) is 12.6. The number of likely N-dealkylation sites (tertiary alicyclic amines) is 1. The van der Waals surface area contributed by atoms with Crippen molar-refractivity contribution in [2.45, 2.75) is 25.4 Å². The molecule has 1 aliphatic heterocycles. The van der Waals surface area contributed by atoms with Crippen molar-refractivity contribution < 1.29 is 4.92 Å². The third-order valence-electron chi connectivity index (χ3n) is 3.47. The second kappa shape index (κ2) is 7.43. The highest BCUT2D eigenvalue weighted by molar-refractivity contribution is 5.85. The Labute approximate surface area is 119 Å². The molecule has 1 atom stereocenters. The highest BCUT2D eigenvalue weighted by atomic mass is 35.5. The molecule has 6 heteroatoms. The lowest BCUT2D eigenvalue weighted by Crippen LogP contribution is -2.43. The maximum Gasteiger partial charge on any atom is 0.269 e. The van der Waals surface area contributed by atoms with E-state index in [0.29, 0.717) is 6.04 Å². The van der Waals surface area contributed by atoms with Crippen LogP contribution in [0.5, 0.6) is 0 Å². The fraction of sp³-hybridized carbons (Fsp3) is 0.538. The Balaban J connectivity index is 0.00000180. The highest BCUT2D eigenvalue weighted by Gasteiger charge is 2.18. The van der Waals surface area contributed by atoms with E-state index in [4.69, 9.17) is 0 Å². The Morgan fingerprint density at radius 3 is 2.68 bits per heavy atom. The Kier molecular flexibility index (Phi) is 6.21. The van der Waals surface area contributed by atoms with Crippen LogP contribution < -0.4 is 5.32 Å². The van der Waals surface area contributed by atoms with Crippen LogP contribution in [0.15, 0.2) is 24.3 Å². The fourth-order valence-electron chi connectivity index (χ4n) is 2.42. The van der Waals surface area contributed by atoms with Crippen LogP contribution in [0.4, 0.5) is 5.69 Å². The van der Waals surface area contributed by atoms with Gasteiger partial charge in [-0.05, 0) is 32.0 Å². The number of hydrogen-bond acceptors (Lipinski definition) is 4. The summed E-state index contributed by atoms with van der Waals surface area (Å²) in [6, 6.07) is 7.42. The summed E-state index contributed by atoms with van der Waals surface area (Å²) < 4.78 is 0. The highest BCUT2D eigenvalue weighted by Crippen LogP contribution is 2.16. The first-order valence-corrected chi connectivity index (χ1v) is 6.32. The van der Waals surface area contributed by atoms with Gasteiger partial charge in [0.2, 0.25) is 0 Å². The molecule has 1 saturated heterocycles.